The molecule has 19 heavy (non-hydrogen) atoms. The fraction of sp³-hybridized carbons (Fsp3) is 0.571. The molecule has 0 spiro atoms. The number of hydrogen-bond donors (Lipinski definition) is 1. The first-order valence-corrected chi connectivity index (χ1v) is 7.50. The number of rotatable bonds is 5. The monoisotopic (exact) mass is 279 g/mol. The van der Waals surface area contributed by atoms with Crippen LogP contribution >= 0.6 is 11.3 Å². The highest BCUT2D eigenvalue weighted by Gasteiger charge is 2.43. The summed E-state index contributed by atoms with van der Waals surface area (Å²) >= 11 is 1.70. The average molecular weight is 279 g/mol. The van der Waals surface area contributed by atoms with Crippen LogP contribution < -0.4 is 5.73 Å². The number of carbonyl (C=O) groups is 1. The first-order valence-electron chi connectivity index (χ1n) is 6.62. The van der Waals surface area contributed by atoms with Gasteiger partial charge >= 0.3 is 0 Å². The van der Waals surface area contributed by atoms with E-state index in [1.807, 2.05) is 18.4 Å². The van der Waals surface area contributed by atoms with Gasteiger partial charge in [0.15, 0.2) is 5.96 Å². The lowest BCUT2D eigenvalue weighted by molar-refractivity contribution is -0.131. The van der Waals surface area contributed by atoms with Crippen molar-refractivity contribution >= 4 is 23.2 Å². The van der Waals surface area contributed by atoms with E-state index in [4.69, 9.17) is 5.73 Å². The van der Waals surface area contributed by atoms with Gasteiger partial charge in [0.2, 0.25) is 0 Å². The van der Waals surface area contributed by atoms with Crippen molar-refractivity contribution in [2.75, 3.05) is 6.54 Å². The predicted octanol–water partition coefficient (Wildman–Crippen LogP) is 2.25. The van der Waals surface area contributed by atoms with Crippen LogP contribution in [0.5, 0.6) is 0 Å². The maximum absolute atomic E-state index is 12.5. The Labute approximate surface area is 118 Å². The van der Waals surface area contributed by atoms with Gasteiger partial charge in [-0.2, -0.15) is 0 Å². The average Bonchev–Trinajstić information content (AvgIpc) is 2.86. The fourth-order valence-corrected chi connectivity index (χ4v) is 3.27. The molecule has 0 bridgehead atoms. The molecule has 1 aromatic rings. The third-order valence-electron chi connectivity index (χ3n) is 3.31. The number of guanidine groups is 1. The maximum Gasteiger partial charge on any atom is 0.257 e. The second-order valence-electron chi connectivity index (χ2n) is 5.63. The molecule has 0 aliphatic carbocycles. The van der Waals surface area contributed by atoms with Crippen LogP contribution in [0.1, 0.15) is 32.1 Å². The molecule has 2 heterocycles. The van der Waals surface area contributed by atoms with E-state index in [2.05, 4.69) is 24.9 Å². The zero-order chi connectivity index (χ0) is 14.0. The third-order valence-corrected chi connectivity index (χ3v) is 4.25. The van der Waals surface area contributed by atoms with Crippen LogP contribution in [0.4, 0.5) is 0 Å². The second kappa shape index (κ2) is 5.33. The van der Waals surface area contributed by atoms with Crippen LogP contribution in [-0.4, -0.2) is 28.9 Å². The van der Waals surface area contributed by atoms with E-state index in [0.717, 1.165) is 12.8 Å². The summed E-state index contributed by atoms with van der Waals surface area (Å²) in [6, 6.07) is 4.10. The molecule has 0 radical (unpaired) electrons. The van der Waals surface area contributed by atoms with Crippen molar-refractivity contribution in [2.24, 2.45) is 16.6 Å². The van der Waals surface area contributed by atoms with Gasteiger partial charge in [0.25, 0.3) is 5.91 Å². The maximum atomic E-state index is 12.5. The number of aliphatic imine (C=N–C) groups is 1. The lowest BCUT2D eigenvalue weighted by atomic mass is 9.91. The minimum atomic E-state index is -0.673. The van der Waals surface area contributed by atoms with Crippen LogP contribution in [0.15, 0.2) is 22.5 Å². The van der Waals surface area contributed by atoms with E-state index in [0.29, 0.717) is 18.4 Å². The molecule has 1 amide bonds. The van der Waals surface area contributed by atoms with Crippen molar-refractivity contribution in [3.63, 3.8) is 0 Å². The van der Waals surface area contributed by atoms with Crippen LogP contribution in [0, 0.1) is 5.92 Å². The van der Waals surface area contributed by atoms with Crippen molar-refractivity contribution < 1.29 is 4.79 Å². The van der Waals surface area contributed by atoms with Gasteiger partial charge in [-0.15, -0.1) is 11.3 Å². The van der Waals surface area contributed by atoms with Crippen molar-refractivity contribution in [1.29, 1.82) is 0 Å². The summed E-state index contributed by atoms with van der Waals surface area (Å²) in [5.41, 5.74) is 5.25. The molecular weight excluding hydrogens is 258 g/mol. The molecule has 0 aromatic carbocycles. The predicted molar refractivity (Wildman–Crippen MR) is 79.2 cm³/mol. The molecule has 2 N–H and O–H groups in total. The van der Waals surface area contributed by atoms with Gasteiger partial charge in [-0.25, -0.2) is 4.99 Å². The molecule has 0 saturated carbocycles. The van der Waals surface area contributed by atoms with E-state index in [1.165, 1.54) is 4.88 Å². The smallest absolute Gasteiger partial charge is 0.257 e. The normalized spacial score (nSPS) is 23.3. The Morgan fingerprint density at radius 1 is 1.53 bits per heavy atom. The molecule has 1 aliphatic rings. The highest BCUT2D eigenvalue weighted by atomic mass is 32.1. The van der Waals surface area contributed by atoms with E-state index >= 15 is 0 Å². The number of hydrogen-bond acceptors (Lipinski definition) is 4. The number of thiophene rings is 1. The van der Waals surface area contributed by atoms with Gasteiger partial charge in [0, 0.05) is 11.4 Å². The minimum Gasteiger partial charge on any atom is -0.369 e. The molecule has 104 valence electrons. The van der Waals surface area contributed by atoms with Crippen molar-refractivity contribution in [1.82, 2.24) is 4.90 Å². The zero-order valence-electron chi connectivity index (χ0n) is 11.7. The SMILES string of the molecule is CC(C)CC1(C)N=C(N)N(CCc2cccs2)C1=O. The minimum absolute atomic E-state index is 0.0373. The fourth-order valence-electron chi connectivity index (χ4n) is 2.58. The molecule has 1 unspecified atom stereocenters. The van der Waals surface area contributed by atoms with Crippen molar-refractivity contribution in [2.45, 2.75) is 39.2 Å². The molecule has 1 aliphatic heterocycles. The lowest BCUT2D eigenvalue weighted by Gasteiger charge is -2.23. The summed E-state index contributed by atoms with van der Waals surface area (Å²) in [6.07, 6.45) is 1.57. The van der Waals surface area contributed by atoms with Gasteiger partial charge in [-0.3, -0.25) is 9.69 Å². The number of nitrogens with zero attached hydrogens (tertiary/aromatic N) is 2. The number of amides is 1. The Morgan fingerprint density at radius 2 is 2.26 bits per heavy atom. The van der Waals surface area contributed by atoms with E-state index < -0.39 is 5.54 Å². The summed E-state index contributed by atoms with van der Waals surface area (Å²) in [6.45, 7) is 6.69. The topological polar surface area (TPSA) is 58.7 Å². The van der Waals surface area contributed by atoms with Gasteiger partial charge in [-0.05, 0) is 37.1 Å². The molecule has 1 aromatic heterocycles. The quantitative estimate of drug-likeness (QED) is 0.898. The molecule has 0 fully saturated rings. The standard InChI is InChI=1S/C14H21N3OS/c1-10(2)9-14(3)12(18)17(13(15)16-14)7-6-11-5-4-8-19-11/h4-5,8,10H,6-7,9H2,1-3H3,(H2,15,16). The summed E-state index contributed by atoms with van der Waals surface area (Å²) in [5, 5.41) is 2.04. The van der Waals surface area contributed by atoms with Gasteiger partial charge in [-0.1, -0.05) is 19.9 Å². The van der Waals surface area contributed by atoms with Crippen LogP contribution in [0.3, 0.4) is 0 Å². The highest BCUT2D eigenvalue weighted by molar-refractivity contribution is 7.09. The summed E-state index contributed by atoms with van der Waals surface area (Å²) in [5.74, 6) is 0.822. The Balaban J connectivity index is 2.03. The molecule has 5 heteroatoms. The number of nitrogens with two attached hydrogens (primary N) is 1. The Kier molecular flexibility index (Phi) is 3.94. The summed E-state index contributed by atoms with van der Waals surface area (Å²) < 4.78 is 0. The first-order chi connectivity index (χ1) is 8.92. The molecule has 2 rings (SSSR count). The third kappa shape index (κ3) is 2.97. The zero-order valence-corrected chi connectivity index (χ0v) is 12.5. The summed E-state index contributed by atoms with van der Waals surface area (Å²) in [7, 11) is 0. The largest absolute Gasteiger partial charge is 0.369 e. The first kappa shape index (κ1) is 14.1. The van der Waals surface area contributed by atoms with Gasteiger partial charge in [0.05, 0.1) is 0 Å². The molecule has 4 nitrogen and oxygen atoms in total. The number of carbonyl (C=O) groups excluding carboxylic acids is 1. The van der Waals surface area contributed by atoms with Crippen molar-refractivity contribution in [3.8, 4) is 0 Å². The molecule has 1 atom stereocenters. The van der Waals surface area contributed by atoms with Gasteiger partial charge < -0.3 is 5.73 Å². The van der Waals surface area contributed by atoms with Gasteiger partial charge in [0.1, 0.15) is 5.54 Å². The van der Waals surface area contributed by atoms with Crippen LogP contribution in [0.25, 0.3) is 0 Å². The molecular formula is C14H21N3OS. The van der Waals surface area contributed by atoms with Crippen LogP contribution in [0.2, 0.25) is 0 Å². The highest BCUT2D eigenvalue weighted by Crippen LogP contribution is 2.28. The molecule has 0 saturated heterocycles. The van der Waals surface area contributed by atoms with E-state index in [9.17, 15) is 4.79 Å². The van der Waals surface area contributed by atoms with E-state index in [1.54, 1.807) is 16.2 Å². The van der Waals surface area contributed by atoms with E-state index in [-0.39, 0.29) is 5.91 Å². The Morgan fingerprint density at radius 3 is 2.84 bits per heavy atom. The van der Waals surface area contributed by atoms with Crippen molar-refractivity contribution in [3.05, 3.63) is 22.4 Å². The lowest BCUT2D eigenvalue weighted by Crippen LogP contribution is -2.44. The Hall–Kier alpha value is -1.36. The van der Waals surface area contributed by atoms with Crippen LogP contribution in [-0.2, 0) is 11.2 Å². The second-order valence-corrected chi connectivity index (χ2v) is 6.66. The Bertz CT molecular complexity index is 481. The summed E-state index contributed by atoms with van der Waals surface area (Å²) in [4.78, 5) is 19.8.